The van der Waals surface area contributed by atoms with Gasteiger partial charge in [0.05, 0.1) is 28.5 Å². The van der Waals surface area contributed by atoms with E-state index < -0.39 is 0 Å². The summed E-state index contributed by atoms with van der Waals surface area (Å²) in [6.07, 6.45) is 3.27. The number of nitrogens with zero attached hydrogens (tertiary/aromatic N) is 5. The number of rotatable bonds is 5. The molecule has 0 saturated heterocycles. The Hall–Kier alpha value is -1.98. The van der Waals surface area contributed by atoms with Gasteiger partial charge in [0.15, 0.2) is 0 Å². The van der Waals surface area contributed by atoms with Gasteiger partial charge in [-0.05, 0) is 25.7 Å². The minimum atomic E-state index is 0.516. The number of nitrogens with two attached hydrogens (primary N) is 1. The monoisotopic (exact) mass is 274 g/mol. The first-order valence-electron chi connectivity index (χ1n) is 7.25. The Morgan fingerprint density at radius 3 is 2.05 bits per heavy atom. The topological polar surface area (TPSA) is 82.5 Å². The van der Waals surface area contributed by atoms with Gasteiger partial charge in [-0.25, -0.2) is 4.98 Å². The number of hydrogen-bond donors (Lipinski definition) is 1. The van der Waals surface area contributed by atoms with Crippen LogP contribution in [0.3, 0.4) is 0 Å². The van der Waals surface area contributed by atoms with Crippen molar-refractivity contribution in [1.29, 1.82) is 0 Å². The highest BCUT2D eigenvalue weighted by Crippen LogP contribution is 2.20. The average Bonchev–Trinajstić information content (AvgIpc) is 2.82. The van der Waals surface area contributed by atoms with Gasteiger partial charge in [0, 0.05) is 0 Å². The van der Waals surface area contributed by atoms with Crippen molar-refractivity contribution < 1.29 is 0 Å². The van der Waals surface area contributed by atoms with Gasteiger partial charge in [-0.2, -0.15) is 9.78 Å². The SMILES string of the molecule is CCc1nnc(-n2nc(CC)c(N)c2CC)nc1CC. The molecule has 0 aromatic carbocycles. The maximum Gasteiger partial charge on any atom is 0.270 e. The van der Waals surface area contributed by atoms with E-state index in [1.54, 1.807) is 4.68 Å². The first kappa shape index (κ1) is 14.4. The highest BCUT2D eigenvalue weighted by atomic mass is 15.4. The summed E-state index contributed by atoms with van der Waals surface area (Å²) in [4.78, 5) is 4.60. The lowest BCUT2D eigenvalue weighted by molar-refractivity contribution is 0.698. The van der Waals surface area contributed by atoms with Crippen molar-refractivity contribution in [1.82, 2.24) is 25.0 Å². The van der Waals surface area contributed by atoms with Crippen LogP contribution < -0.4 is 5.73 Å². The van der Waals surface area contributed by atoms with Crippen molar-refractivity contribution in [2.45, 2.75) is 53.4 Å². The van der Waals surface area contributed by atoms with Crippen molar-refractivity contribution in [3.63, 3.8) is 0 Å². The molecule has 0 fully saturated rings. The largest absolute Gasteiger partial charge is 0.396 e. The molecule has 2 heterocycles. The van der Waals surface area contributed by atoms with Crippen molar-refractivity contribution in [3.05, 3.63) is 22.8 Å². The third kappa shape index (κ3) is 2.37. The molecule has 0 saturated carbocycles. The van der Waals surface area contributed by atoms with Gasteiger partial charge in [-0.3, -0.25) is 0 Å². The van der Waals surface area contributed by atoms with Crippen molar-refractivity contribution in [3.8, 4) is 5.95 Å². The number of nitrogen functional groups attached to an aromatic ring is 1. The molecule has 0 aliphatic carbocycles. The van der Waals surface area contributed by atoms with E-state index in [2.05, 4.69) is 41.1 Å². The van der Waals surface area contributed by atoms with Crippen LogP contribution in [0.4, 0.5) is 5.69 Å². The van der Waals surface area contributed by atoms with Crippen molar-refractivity contribution in [2.75, 3.05) is 5.73 Å². The van der Waals surface area contributed by atoms with E-state index in [1.807, 2.05) is 6.92 Å². The minimum Gasteiger partial charge on any atom is -0.396 e. The van der Waals surface area contributed by atoms with E-state index in [-0.39, 0.29) is 0 Å². The highest BCUT2D eigenvalue weighted by Gasteiger charge is 2.17. The number of aromatic nitrogens is 5. The van der Waals surface area contributed by atoms with Crippen LogP contribution in [0.1, 0.15) is 50.5 Å². The maximum atomic E-state index is 6.13. The summed E-state index contributed by atoms with van der Waals surface area (Å²) >= 11 is 0. The molecular weight excluding hydrogens is 252 g/mol. The first-order valence-corrected chi connectivity index (χ1v) is 7.25. The molecule has 0 spiro atoms. The summed E-state index contributed by atoms with van der Waals surface area (Å²) in [5.41, 5.74) is 10.6. The summed E-state index contributed by atoms with van der Waals surface area (Å²) in [6, 6.07) is 0. The molecule has 0 aliphatic rings. The molecule has 0 unspecified atom stereocenters. The van der Waals surface area contributed by atoms with Crippen LogP contribution in [0.5, 0.6) is 0 Å². The van der Waals surface area contributed by atoms with Crippen LogP contribution in [0.15, 0.2) is 0 Å². The van der Waals surface area contributed by atoms with Crippen LogP contribution in [0.2, 0.25) is 0 Å². The van der Waals surface area contributed by atoms with Gasteiger partial charge in [0.1, 0.15) is 0 Å². The lowest BCUT2D eigenvalue weighted by atomic mass is 10.2. The fourth-order valence-corrected chi connectivity index (χ4v) is 2.30. The molecule has 2 aromatic heterocycles. The molecule has 2 aromatic rings. The average molecular weight is 274 g/mol. The van der Waals surface area contributed by atoms with E-state index in [9.17, 15) is 0 Å². The van der Waals surface area contributed by atoms with Gasteiger partial charge in [-0.1, -0.05) is 27.7 Å². The van der Waals surface area contributed by atoms with Gasteiger partial charge < -0.3 is 5.73 Å². The maximum absolute atomic E-state index is 6.13. The van der Waals surface area contributed by atoms with E-state index in [1.165, 1.54) is 0 Å². The molecule has 2 rings (SSSR count). The van der Waals surface area contributed by atoms with E-state index in [4.69, 9.17) is 5.73 Å². The Kier molecular flexibility index (Phi) is 4.32. The molecule has 0 bridgehead atoms. The number of aryl methyl sites for hydroxylation is 3. The fourth-order valence-electron chi connectivity index (χ4n) is 2.30. The van der Waals surface area contributed by atoms with E-state index >= 15 is 0 Å². The van der Waals surface area contributed by atoms with Gasteiger partial charge >= 0.3 is 0 Å². The van der Waals surface area contributed by atoms with Crippen LogP contribution in [0.25, 0.3) is 5.95 Å². The summed E-state index contributed by atoms with van der Waals surface area (Å²) < 4.78 is 1.74. The number of anilines is 1. The molecule has 2 N–H and O–H groups in total. The Balaban J connectivity index is 2.56. The van der Waals surface area contributed by atoms with Gasteiger partial charge in [-0.15, -0.1) is 10.2 Å². The predicted octanol–water partition coefficient (Wildman–Crippen LogP) is 1.89. The highest BCUT2D eigenvalue weighted by molar-refractivity contribution is 5.50. The molecule has 0 amide bonds. The Morgan fingerprint density at radius 1 is 0.850 bits per heavy atom. The molecule has 0 aliphatic heterocycles. The van der Waals surface area contributed by atoms with E-state index in [0.29, 0.717) is 5.95 Å². The second kappa shape index (κ2) is 5.98. The van der Waals surface area contributed by atoms with Crippen LogP contribution in [0, 0.1) is 0 Å². The summed E-state index contributed by atoms with van der Waals surface area (Å²) in [5, 5.41) is 13.0. The smallest absolute Gasteiger partial charge is 0.270 e. The zero-order valence-electron chi connectivity index (χ0n) is 12.6. The second-order valence-electron chi connectivity index (χ2n) is 4.64. The summed E-state index contributed by atoms with van der Waals surface area (Å²) in [6.45, 7) is 8.23. The quantitative estimate of drug-likeness (QED) is 0.900. The predicted molar refractivity (Wildman–Crippen MR) is 78.9 cm³/mol. The van der Waals surface area contributed by atoms with Crippen molar-refractivity contribution >= 4 is 5.69 Å². The molecule has 0 radical (unpaired) electrons. The summed E-state index contributed by atoms with van der Waals surface area (Å²) in [5.74, 6) is 0.516. The molecule has 108 valence electrons. The fraction of sp³-hybridized carbons (Fsp3) is 0.571. The van der Waals surface area contributed by atoms with Gasteiger partial charge in [0.2, 0.25) is 0 Å². The Bertz CT molecular complexity index is 602. The lowest BCUT2D eigenvalue weighted by Crippen LogP contribution is -2.12. The second-order valence-corrected chi connectivity index (χ2v) is 4.64. The van der Waals surface area contributed by atoms with E-state index in [0.717, 1.165) is 54.1 Å². The standard InChI is InChI=1S/C14H22N6/c1-5-9-10(6-2)17-18-14(16-9)20-12(8-4)13(15)11(7-3)19-20/h5-8,15H2,1-4H3. The zero-order chi connectivity index (χ0) is 14.7. The minimum absolute atomic E-state index is 0.516. The Morgan fingerprint density at radius 2 is 1.50 bits per heavy atom. The molecule has 0 atom stereocenters. The van der Waals surface area contributed by atoms with Gasteiger partial charge in [0.25, 0.3) is 5.95 Å². The third-order valence-electron chi connectivity index (χ3n) is 3.46. The van der Waals surface area contributed by atoms with Crippen molar-refractivity contribution in [2.24, 2.45) is 0 Å². The van der Waals surface area contributed by atoms with Crippen LogP contribution in [-0.2, 0) is 25.7 Å². The third-order valence-corrected chi connectivity index (χ3v) is 3.46. The van der Waals surface area contributed by atoms with Crippen LogP contribution in [-0.4, -0.2) is 25.0 Å². The molecule has 6 heteroatoms. The zero-order valence-corrected chi connectivity index (χ0v) is 12.6. The first-order chi connectivity index (χ1) is 9.65. The lowest BCUT2D eigenvalue weighted by Gasteiger charge is -2.07. The molecule has 20 heavy (non-hydrogen) atoms. The molecule has 6 nitrogen and oxygen atoms in total. The summed E-state index contributed by atoms with van der Waals surface area (Å²) in [7, 11) is 0. The molecular formula is C14H22N6. The normalized spacial score (nSPS) is 11.0. The Labute approximate surface area is 119 Å². The van der Waals surface area contributed by atoms with Crippen LogP contribution >= 0.6 is 0 Å². The number of hydrogen-bond acceptors (Lipinski definition) is 5.